The number of benzene rings is 3. The smallest absolute Gasteiger partial charge is 0.240 e. The predicted octanol–water partition coefficient (Wildman–Crippen LogP) is 7.43. The summed E-state index contributed by atoms with van der Waals surface area (Å²) in [4.78, 5) is 24.8. The molecule has 1 atom stereocenters. The number of carbonyl (C=O) groups excluding carboxylic acids is 2. The molecule has 0 aliphatic carbocycles. The Balaban J connectivity index is 1.56. The Bertz CT molecular complexity index is 1140. The maximum atomic E-state index is 12.5. The van der Waals surface area contributed by atoms with Gasteiger partial charge >= 0.3 is 0 Å². The van der Waals surface area contributed by atoms with E-state index in [0.717, 1.165) is 12.2 Å². The summed E-state index contributed by atoms with van der Waals surface area (Å²) in [5.74, 6) is 0.609. The van der Waals surface area contributed by atoms with Gasteiger partial charge in [0.1, 0.15) is 11.5 Å². The Morgan fingerprint density at radius 1 is 0.886 bits per heavy atom. The van der Waals surface area contributed by atoms with Gasteiger partial charge in [0.15, 0.2) is 5.78 Å². The van der Waals surface area contributed by atoms with E-state index >= 15 is 0 Å². The Kier molecular flexibility index (Phi) is 8.94. The van der Waals surface area contributed by atoms with Crippen molar-refractivity contribution < 1.29 is 19.1 Å². The molecule has 3 aromatic carbocycles. The zero-order chi connectivity index (χ0) is 25.4. The van der Waals surface area contributed by atoms with Gasteiger partial charge in [0.05, 0.1) is 17.1 Å². The Labute approximate surface area is 212 Å². The van der Waals surface area contributed by atoms with Crippen LogP contribution < -0.4 is 14.8 Å². The molecule has 5 nitrogen and oxygen atoms in total. The van der Waals surface area contributed by atoms with E-state index in [2.05, 4.69) is 38.2 Å². The fourth-order valence-corrected chi connectivity index (χ4v) is 3.59. The van der Waals surface area contributed by atoms with Gasteiger partial charge in [-0.05, 0) is 65.9 Å². The molecule has 0 radical (unpaired) electrons. The highest BCUT2D eigenvalue weighted by molar-refractivity contribution is 6.33. The first-order valence-electron chi connectivity index (χ1n) is 11.8. The van der Waals surface area contributed by atoms with Crippen LogP contribution in [0, 0.1) is 0 Å². The molecule has 35 heavy (non-hydrogen) atoms. The molecule has 0 bridgehead atoms. The van der Waals surface area contributed by atoms with E-state index in [9.17, 15) is 9.59 Å². The van der Waals surface area contributed by atoms with Crippen molar-refractivity contribution in [3.8, 4) is 11.5 Å². The number of rotatable bonds is 11. The number of Topliss-reactive ketones (excluding diaryl/α,β-unsaturated/α-hetero) is 1. The molecule has 6 heteroatoms. The normalized spacial score (nSPS) is 12.0. The average Bonchev–Trinajstić information content (AvgIpc) is 2.85. The van der Waals surface area contributed by atoms with Crippen LogP contribution in [-0.4, -0.2) is 18.0 Å². The van der Waals surface area contributed by atoms with Crippen LogP contribution in [0.25, 0.3) is 0 Å². The zero-order valence-electron chi connectivity index (χ0n) is 20.6. The van der Waals surface area contributed by atoms with E-state index in [-0.39, 0.29) is 17.6 Å². The number of carbonyl (C=O) groups is 2. The van der Waals surface area contributed by atoms with Gasteiger partial charge in [-0.2, -0.15) is 0 Å². The molecular weight excluding hydrogens is 462 g/mol. The fraction of sp³-hybridized carbons (Fsp3) is 0.310. The van der Waals surface area contributed by atoms with Gasteiger partial charge in [-0.15, -0.1) is 0 Å². The van der Waals surface area contributed by atoms with Crippen LogP contribution in [0.3, 0.4) is 0 Å². The van der Waals surface area contributed by atoms with Crippen LogP contribution in [0.1, 0.15) is 62.9 Å². The summed E-state index contributed by atoms with van der Waals surface area (Å²) in [5.41, 5.74) is 2.29. The number of para-hydroxylation sites is 1. The number of nitrogens with one attached hydrogen (secondary N) is 1. The first-order valence-corrected chi connectivity index (χ1v) is 12.2. The third kappa shape index (κ3) is 7.33. The molecule has 0 unspecified atom stereocenters. The van der Waals surface area contributed by atoms with Gasteiger partial charge in [-0.25, -0.2) is 0 Å². The quantitative estimate of drug-likeness (QED) is 0.171. The van der Waals surface area contributed by atoms with E-state index in [4.69, 9.17) is 21.1 Å². The minimum absolute atomic E-state index is 0.119. The standard InChI is InChI=1S/C29H32ClNO4/c1-5-28(35-23-17-13-21(14-18-23)29(3,4)6-2)34-22-15-11-20(12-16-22)26(32)19-27(33)31-25-10-8-7-9-24(25)30/h7-18,28H,5-6,19H2,1-4H3,(H,31,33)/t28-/m1/s1. The van der Waals surface area contributed by atoms with E-state index in [1.165, 1.54) is 5.56 Å². The molecule has 3 rings (SSSR count). The number of amides is 1. The second-order valence-electron chi connectivity index (χ2n) is 8.99. The molecule has 0 spiro atoms. The van der Waals surface area contributed by atoms with Crippen LogP contribution >= 0.6 is 11.6 Å². The number of ether oxygens (including phenoxy) is 2. The van der Waals surface area contributed by atoms with E-state index in [1.54, 1.807) is 48.5 Å². The fourth-order valence-electron chi connectivity index (χ4n) is 3.41. The summed E-state index contributed by atoms with van der Waals surface area (Å²) in [5, 5.41) is 3.08. The van der Waals surface area contributed by atoms with Gasteiger partial charge in [0.25, 0.3) is 0 Å². The first-order chi connectivity index (χ1) is 16.7. The highest BCUT2D eigenvalue weighted by atomic mass is 35.5. The summed E-state index contributed by atoms with van der Waals surface area (Å²) in [6.07, 6.45) is 0.948. The lowest BCUT2D eigenvalue weighted by atomic mass is 9.82. The molecule has 1 amide bonds. The topological polar surface area (TPSA) is 64.6 Å². The molecule has 0 fully saturated rings. The number of anilines is 1. The lowest BCUT2D eigenvalue weighted by Gasteiger charge is -2.24. The third-order valence-electron chi connectivity index (χ3n) is 6.03. The molecule has 0 heterocycles. The van der Waals surface area contributed by atoms with Crippen LogP contribution in [0.15, 0.2) is 72.8 Å². The maximum Gasteiger partial charge on any atom is 0.240 e. The van der Waals surface area contributed by atoms with Crippen molar-refractivity contribution in [1.82, 2.24) is 0 Å². The Hall–Kier alpha value is -3.31. The largest absolute Gasteiger partial charge is 0.455 e. The molecule has 0 aliphatic rings. The van der Waals surface area contributed by atoms with E-state index in [0.29, 0.717) is 28.4 Å². The maximum absolute atomic E-state index is 12.5. The lowest BCUT2D eigenvalue weighted by Crippen LogP contribution is -2.23. The van der Waals surface area contributed by atoms with Gasteiger partial charge in [0.2, 0.25) is 12.2 Å². The number of ketones is 1. The minimum Gasteiger partial charge on any atom is -0.455 e. The van der Waals surface area contributed by atoms with E-state index in [1.807, 2.05) is 19.1 Å². The summed E-state index contributed by atoms with van der Waals surface area (Å²) in [6, 6.07) is 21.7. The van der Waals surface area contributed by atoms with Crippen LogP contribution in [-0.2, 0) is 10.2 Å². The van der Waals surface area contributed by atoms with Crippen molar-refractivity contribution >= 4 is 29.0 Å². The van der Waals surface area contributed by atoms with Crippen molar-refractivity contribution in [1.29, 1.82) is 0 Å². The highest BCUT2D eigenvalue weighted by Crippen LogP contribution is 2.29. The molecule has 0 saturated carbocycles. The molecule has 0 aromatic heterocycles. The van der Waals surface area contributed by atoms with Crippen molar-refractivity contribution in [2.24, 2.45) is 0 Å². The summed E-state index contributed by atoms with van der Waals surface area (Å²) in [6.45, 7) is 8.61. The summed E-state index contributed by atoms with van der Waals surface area (Å²) < 4.78 is 12.0. The van der Waals surface area contributed by atoms with Crippen LogP contribution in [0.2, 0.25) is 5.02 Å². The monoisotopic (exact) mass is 493 g/mol. The first kappa shape index (κ1) is 26.3. The van der Waals surface area contributed by atoms with E-state index < -0.39 is 12.2 Å². The Morgan fingerprint density at radius 3 is 2.00 bits per heavy atom. The van der Waals surface area contributed by atoms with Gasteiger partial charge in [0, 0.05) is 12.0 Å². The molecular formula is C29H32ClNO4. The van der Waals surface area contributed by atoms with Crippen molar-refractivity contribution in [2.45, 2.75) is 58.7 Å². The van der Waals surface area contributed by atoms with Crippen molar-refractivity contribution in [3.05, 3.63) is 88.9 Å². The van der Waals surface area contributed by atoms with Gasteiger partial charge < -0.3 is 14.8 Å². The van der Waals surface area contributed by atoms with Gasteiger partial charge in [-0.1, -0.05) is 63.6 Å². The molecule has 1 N–H and O–H groups in total. The minimum atomic E-state index is -0.469. The van der Waals surface area contributed by atoms with Crippen molar-refractivity contribution in [3.63, 3.8) is 0 Å². The van der Waals surface area contributed by atoms with Crippen LogP contribution in [0.4, 0.5) is 5.69 Å². The predicted molar refractivity (Wildman–Crippen MR) is 141 cm³/mol. The summed E-state index contributed by atoms with van der Waals surface area (Å²) >= 11 is 6.05. The summed E-state index contributed by atoms with van der Waals surface area (Å²) in [7, 11) is 0. The number of hydrogen-bond donors (Lipinski definition) is 1. The molecule has 0 saturated heterocycles. The van der Waals surface area contributed by atoms with Gasteiger partial charge in [-0.3, -0.25) is 9.59 Å². The van der Waals surface area contributed by atoms with Crippen molar-refractivity contribution in [2.75, 3.05) is 5.32 Å². The lowest BCUT2D eigenvalue weighted by molar-refractivity contribution is -0.115. The second-order valence-corrected chi connectivity index (χ2v) is 9.39. The molecule has 3 aromatic rings. The molecule has 184 valence electrons. The average molecular weight is 494 g/mol. The SMILES string of the molecule is CC[C@H](Oc1ccc(C(=O)CC(=O)Nc2ccccc2Cl)cc1)Oc1ccc(C(C)(C)CC)cc1. The number of halogens is 1. The number of hydrogen-bond acceptors (Lipinski definition) is 4. The van der Waals surface area contributed by atoms with Crippen LogP contribution in [0.5, 0.6) is 11.5 Å². The second kappa shape index (κ2) is 11.9. The third-order valence-corrected chi connectivity index (χ3v) is 6.36. The highest BCUT2D eigenvalue weighted by Gasteiger charge is 2.18. The Morgan fingerprint density at radius 2 is 1.46 bits per heavy atom. The molecule has 0 aliphatic heterocycles. The zero-order valence-corrected chi connectivity index (χ0v) is 21.4.